The molecule has 0 saturated heterocycles. The molecular formula is C26H35NO5S2. The molecule has 0 fully saturated rings. The Hall–Kier alpha value is -2.45. The van der Waals surface area contributed by atoms with Crippen LogP contribution in [0.25, 0.3) is 0 Å². The molecule has 0 bridgehead atoms. The predicted molar refractivity (Wildman–Crippen MR) is 137 cm³/mol. The molecule has 186 valence electrons. The first-order chi connectivity index (χ1) is 15.8. The number of carbonyl (C=O) groups excluding carboxylic acids is 2. The first-order valence-electron chi connectivity index (χ1n) is 11.4. The van der Waals surface area contributed by atoms with E-state index in [4.69, 9.17) is 4.74 Å². The number of nitrogens with one attached hydrogen (secondary N) is 1. The van der Waals surface area contributed by atoms with E-state index in [1.54, 1.807) is 27.7 Å². The highest BCUT2D eigenvalue weighted by atomic mass is 32.2. The second-order valence-electron chi connectivity index (χ2n) is 8.97. The van der Waals surface area contributed by atoms with Gasteiger partial charge in [0, 0.05) is 16.2 Å². The van der Waals surface area contributed by atoms with Gasteiger partial charge in [-0.3, -0.25) is 9.59 Å². The zero-order valence-corrected chi connectivity index (χ0v) is 22.7. The number of ether oxygens (including phenoxy) is 1. The third-order valence-corrected chi connectivity index (χ3v) is 9.54. The summed E-state index contributed by atoms with van der Waals surface area (Å²) in [6.45, 7) is 16.4. The Labute approximate surface area is 207 Å². The van der Waals surface area contributed by atoms with E-state index in [0.717, 1.165) is 28.8 Å². The summed E-state index contributed by atoms with van der Waals surface area (Å²) in [5, 5.41) is 0. The number of amides is 1. The number of rotatable bonds is 11. The van der Waals surface area contributed by atoms with Crippen LogP contribution in [-0.4, -0.2) is 26.7 Å². The lowest BCUT2D eigenvalue weighted by Gasteiger charge is -2.32. The summed E-state index contributed by atoms with van der Waals surface area (Å²) in [6, 6.07) is 7.79. The molecule has 2 rings (SSSR count). The Morgan fingerprint density at radius 1 is 1.12 bits per heavy atom. The molecule has 2 aromatic rings. The topological polar surface area (TPSA) is 89.5 Å². The van der Waals surface area contributed by atoms with Crippen LogP contribution < -0.4 is 9.46 Å². The van der Waals surface area contributed by atoms with Crippen LogP contribution in [0.5, 0.6) is 5.75 Å². The van der Waals surface area contributed by atoms with E-state index in [1.807, 2.05) is 31.2 Å². The number of carbonyl (C=O) groups is 2. The van der Waals surface area contributed by atoms with Crippen molar-refractivity contribution in [2.75, 3.05) is 6.61 Å². The number of benzene rings is 1. The molecule has 1 N–H and O–H groups in total. The number of sulfonamides is 1. The zero-order chi connectivity index (χ0) is 25.8. The van der Waals surface area contributed by atoms with E-state index >= 15 is 0 Å². The SMILES string of the molecule is C=C(C)C(=O)COc1ccc(C(CC)(CC)c2cc(C)c(S(=O)(=O)NC(=O)C(C)C)s2)cc1C. The summed E-state index contributed by atoms with van der Waals surface area (Å²) >= 11 is 1.21. The number of aryl methyl sites for hydroxylation is 2. The van der Waals surface area contributed by atoms with Crippen molar-refractivity contribution in [2.24, 2.45) is 5.92 Å². The van der Waals surface area contributed by atoms with Gasteiger partial charge < -0.3 is 4.74 Å². The molecule has 1 aromatic carbocycles. The molecule has 1 aromatic heterocycles. The smallest absolute Gasteiger partial charge is 0.273 e. The van der Waals surface area contributed by atoms with Crippen LogP contribution in [0.3, 0.4) is 0 Å². The molecule has 0 atom stereocenters. The maximum Gasteiger partial charge on any atom is 0.273 e. The van der Waals surface area contributed by atoms with E-state index in [9.17, 15) is 18.0 Å². The van der Waals surface area contributed by atoms with Gasteiger partial charge in [0.05, 0.1) is 0 Å². The lowest BCUT2D eigenvalue weighted by Crippen LogP contribution is -2.33. The van der Waals surface area contributed by atoms with Gasteiger partial charge in [0.25, 0.3) is 10.0 Å². The average molecular weight is 506 g/mol. The summed E-state index contributed by atoms with van der Waals surface area (Å²) in [6.07, 6.45) is 1.52. The number of hydrogen-bond acceptors (Lipinski definition) is 6. The van der Waals surface area contributed by atoms with E-state index < -0.39 is 27.3 Å². The third kappa shape index (κ3) is 5.78. The summed E-state index contributed by atoms with van der Waals surface area (Å²) in [5.41, 5.74) is 2.61. The predicted octanol–water partition coefficient (Wildman–Crippen LogP) is 5.46. The summed E-state index contributed by atoms with van der Waals surface area (Å²) < 4.78 is 33.9. The van der Waals surface area contributed by atoms with Crippen LogP contribution in [0.1, 0.15) is 69.0 Å². The monoisotopic (exact) mass is 505 g/mol. The van der Waals surface area contributed by atoms with Crippen molar-refractivity contribution >= 4 is 33.1 Å². The quantitative estimate of drug-likeness (QED) is 0.410. The summed E-state index contributed by atoms with van der Waals surface area (Å²) in [7, 11) is -3.95. The number of Topliss-reactive ketones (excluding diaryl/α,β-unsaturated/α-hetero) is 1. The summed E-state index contributed by atoms with van der Waals surface area (Å²) in [5.74, 6) is -0.481. The van der Waals surface area contributed by atoms with Gasteiger partial charge in [-0.2, -0.15) is 0 Å². The minimum absolute atomic E-state index is 0.0599. The van der Waals surface area contributed by atoms with Gasteiger partial charge in [0.2, 0.25) is 5.91 Å². The van der Waals surface area contributed by atoms with Crippen LogP contribution >= 0.6 is 11.3 Å². The lowest BCUT2D eigenvalue weighted by molar-refractivity contribution is -0.122. The second-order valence-corrected chi connectivity index (χ2v) is 11.9. The van der Waals surface area contributed by atoms with E-state index in [1.165, 1.54) is 11.3 Å². The maximum absolute atomic E-state index is 12.9. The standard InChI is InChI=1S/C26H35NO5S2/c1-9-26(10-2,20-11-12-22(18(7)13-20)32-15-21(28)16(3)4)23-14-19(8)25(33-23)34(30,31)27-24(29)17(5)6/h11-14,17H,3,9-10,15H2,1-2,4-8H3,(H,27,29). The molecule has 34 heavy (non-hydrogen) atoms. The van der Waals surface area contributed by atoms with Crippen molar-refractivity contribution in [3.05, 3.63) is 58.0 Å². The Morgan fingerprint density at radius 2 is 1.74 bits per heavy atom. The molecule has 1 amide bonds. The van der Waals surface area contributed by atoms with Crippen molar-refractivity contribution in [3.63, 3.8) is 0 Å². The van der Waals surface area contributed by atoms with Gasteiger partial charge >= 0.3 is 0 Å². The van der Waals surface area contributed by atoms with Crippen LogP contribution in [0.15, 0.2) is 40.6 Å². The molecule has 0 aliphatic heterocycles. The van der Waals surface area contributed by atoms with Gasteiger partial charge in [0.15, 0.2) is 12.4 Å². The Bertz CT molecular complexity index is 1190. The van der Waals surface area contributed by atoms with Crippen molar-refractivity contribution in [3.8, 4) is 5.75 Å². The lowest BCUT2D eigenvalue weighted by atomic mass is 9.74. The van der Waals surface area contributed by atoms with E-state index in [0.29, 0.717) is 16.9 Å². The van der Waals surface area contributed by atoms with Gasteiger partial charge in [-0.05, 0) is 68.0 Å². The first-order valence-corrected chi connectivity index (χ1v) is 13.7. The van der Waals surface area contributed by atoms with E-state index in [-0.39, 0.29) is 16.6 Å². The van der Waals surface area contributed by atoms with Crippen LogP contribution in [0.4, 0.5) is 0 Å². The highest BCUT2D eigenvalue weighted by molar-refractivity contribution is 7.92. The molecule has 0 aliphatic carbocycles. The van der Waals surface area contributed by atoms with Gasteiger partial charge in [0.1, 0.15) is 9.96 Å². The third-order valence-electron chi connectivity index (χ3n) is 6.12. The van der Waals surface area contributed by atoms with Crippen LogP contribution in [0, 0.1) is 19.8 Å². The highest BCUT2D eigenvalue weighted by Gasteiger charge is 2.35. The Balaban J connectivity index is 2.47. The largest absolute Gasteiger partial charge is 0.485 e. The molecule has 0 unspecified atom stereocenters. The van der Waals surface area contributed by atoms with Crippen molar-refractivity contribution < 1.29 is 22.7 Å². The molecule has 6 nitrogen and oxygen atoms in total. The highest BCUT2D eigenvalue weighted by Crippen LogP contribution is 2.45. The summed E-state index contributed by atoms with van der Waals surface area (Å²) in [4.78, 5) is 24.8. The molecule has 8 heteroatoms. The van der Waals surface area contributed by atoms with Crippen molar-refractivity contribution in [1.82, 2.24) is 4.72 Å². The minimum atomic E-state index is -3.95. The number of thiophene rings is 1. The molecule has 0 aliphatic rings. The molecular weight excluding hydrogens is 470 g/mol. The first kappa shape index (κ1) is 27.8. The Kier molecular flexibility index (Phi) is 8.88. The molecule has 1 heterocycles. The number of hydrogen-bond donors (Lipinski definition) is 1. The van der Waals surface area contributed by atoms with Crippen LogP contribution in [-0.2, 0) is 25.0 Å². The van der Waals surface area contributed by atoms with Gasteiger partial charge in [-0.1, -0.05) is 46.4 Å². The van der Waals surface area contributed by atoms with Crippen LogP contribution in [0.2, 0.25) is 0 Å². The number of ketones is 1. The zero-order valence-electron chi connectivity index (χ0n) is 21.1. The molecule has 0 radical (unpaired) electrons. The fourth-order valence-electron chi connectivity index (χ4n) is 3.79. The van der Waals surface area contributed by atoms with Crippen molar-refractivity contribution in [1.29, 1.82) is 0 Å². The average Bonchev–Trinajstić information content (AvgIpc) is 3.16. The fourth-order valence-corrected chi connectivity index (χ4v) is 6.96. The van der Waals surface area contributed by atoms with Gasteiger partial charge in [-0.25, -0.2) is 13.1 Å². The van der Waals surface area contributed by atoms with Crippen molar-refractivity contribution in [2.45, 2.75) is 70.9 Å². The molecule has 0 saturated carbocycles. The maximum atomic E-state index is 12.9. The normalized spacial score (nSPS) is 12.0. The minimum Gasteiger partial charge on any atom is -0.485 e. The second kappa shape index (κ2) is 10.9. The fraction of sp³-hybridized carbons (Fsp3) is 0.462. The Morgan fingerprint density at radius 3 is 2.24 bits per heavy atom. The van der Waals surface area contributed by atoms with Gasteiger partial charge in [-0.15, -0.1) is 11.3 Å². The van der Waals surface area contributed by atoms with E-state index in [2.05, 4.69) is 25.1 Å². The molecule has 0 spiro atoms.